The van der Waals surface area contributed by atoms with E-state index in [9.17, 15) is 14.4 Å². The van der Waals surface area contributed by atoms with Crippen LogP contribution in [0.25, 0.3) is 22.4 Å². The van der Waals surface area contributed by atoms with E-state index in [4.69, 9.17) is 14.7 Å². The van der Waals surface area contributed by atoms with Crippen LogP contribution in [0.15, 0.2) is 101 Å². The molecule has 0 spiro atoms. The molecule has 0 aliphatic carbocycles. The fourth-order valence-electron chi connectivity index (χ4n) is 8.92. The van der Waals surface area contributed by atoms with Gasteiger partial charge in [-0.15, -0.1) is 11.3 Å². The Kier molecular flexibility index (Phi) is 12.7. The average molecular weight is 828 g/mol. The van der Waals surface area contributed by atoms with Gasteiger partial charge in [-0.25, -0.2) is 14.8 Å². The zero-order valence-corrected chi connectivity index (χ0v) is 35.2. The van der Waals surface area contributed by atoms with Gasteiger partial charge in [0.05, 0.1) is 54.9 Å². The molecule has 5 atom stereocenters. The first-order valence-corrected chi connectivity index (χ1v) is 22.0. The van der Waals surface area contributed by atoms with Gasteiger partial charge in [0.1, 0.15) is 23.7 Å². The molecule has 0 saturated carbocycles. The van der Waals surface area contributed by atoms with E-state index in [1.54, 1.807) is 10.4 Å². The second kappa shape index (κ2) is 18.6. The summed E-state index contributed by atoms with van der Waals surface area (Å²) in [6, 6.07) is 25.8. The maximum Gasteiger partial charge on any atom is 0.407 e. The van der Waals surface area contributed by atoms with Crippen LogP contribution in [-0.2, 0) is 20.7 Å². The van der Waals surface area contributed by atoms with Crippen molar-refractivity contribution in [2.75, 3.05) is 39.8 Å². The van der Waals surface area contributed by atoms with Crippen molar-refractivity contribution in [1.29, 1.82) is 0 Å². The Morgan fingerprint density at radius 1 is 0.867 bits per heavy atom. The van der Waals surface area contributed by atoms with Gasteiger partial charge in [-0.1, -0.05) is 92.7 Å². The highest BCUT2D eigenvalue weighted by atomic mass is 32.1. The van der Waals surface area contributed by atoms with Gasteiger partial charge in [0, 0.05) is 24.9 Å². The number of imidazole rings is 1. The predicted octanol–water partition coefficient (Wildman–Crippen LogP) is 6.95. The Morgan fingerprint density at radius 2 is 1.53 bits per heavy atom. The third-order valence-electron chi connectivity index (χ3n) is 12.1. The van der Waals surface area contributed by atoms with Gasteiger partial charge in [-0.05, 0) is 66.6 Å². The van der Waals surface area contributed by atoms with Gasteiger partial charge in [0.25, 0.3) is 0 Å². The highest BCUT2D eigenvalue weighted by Crippen LogP contribution is 2.34. The summed E-state index contributed by atoms with van der Waals surface area (Å²) >= 11 is 1.45. The number of nitrogens with one attached hydrogen (secondary N) is 3. The third kappa shape index (κ3) is 8.71. The minimum atomic E-state index is -0.798. The summed E-state index contributed by atoms with van der Waals surface area (Å²) in [5.41, 5.74) is 8.72. The number of H-pyrrole nitrogens is 1. The summed E-state index contributed by atoms with van der Waals surface area (Å²) in [6.45, 7) is 7.78. The number of likely N-dealkylation sites (N-methyl/N-ethyl adjacent to an activating group) is 1. The van der Waals surface area contributed by atoms with Crippen molar-refractivity contribution in [1.82, 2.24) is 40.3 Å². The Balaban J connectivity index is 0.894. The molecule has 14 heteroatoms. The van der Waals surface area contributed by atoms with E-state index in [-0.39, 0.29) is 42.4 Å². The quantitative estimate of drug-likeness (QED) is 0.109. The molecule has 13 nitrogen and oxygen atoms in total. The van der Waals surface area contributed by atoms with Crippen LogP contribution in [0.5, 0.6) is 0 Å². The number of likely N-dealkylation sites (tertiary alicyclic amines) is 2. The predicted molar refractivity (Wildman–Crippen MR) is 233 cm³/mol. The molecule has 3 N–H and O–H groups in total. The highest BCUT2D eigenvalue weighted by molar-refractivity contribution is 7.07. The normalized spacial score (nSPS) is 19.9. The number of carbonyl (C=O) groups is 3. The van der Waals surface area contributed by atoms with Crippen LogP contribution in [0, 0.1) is 0 Å². The molecule has 60 heavy (non-hydrogen) atoms. The van der Waals surface area contributed by atoms with Crippen molar-refractivity contribution in [3.8, 4) is 22.4 Å². The first-order chi connectivity index (χ1) is 29.3. The lowest BCUT2D eigenvalue weighted by molar-refractivity contribution is -0.137. The second-order valence-electron chi connectivity index (χ2n) is 15.6. The van der Waals surface area contributed by atoms with Gasteiger partial charge in [-0.3, -0.25) is 19.5 Å². The van der Waals surface area contributed by atoms with E-state index in [1.807, 2.05) is 29.8 Å². The number of hydrogen-bond donors (Lipinski definition) is 3. The molecule has 3 aliphatic heterocycles. The summed E-state index contributed by atoms with van der Waals surface area (Å²) in [6.07, 6.45) is 4.91. The number of amides is 3. The molecule has 3 aromatic carbocycles. The van der Waals surface area contributed by atoms with Crippen LogP contribution in [0.3, 0.4) is 0 Å². The molecule has 2 saturated heterocycles. The molecule has 3 aliphatic rings. The number of hydrogen-bond acceptors (Lipinski definition) is 10. The maximum atomic E-state index is 14.3. The molecule has 5 aromatic rings. The van der Waals surface area contributed by atoms with E-state index in [0.29, 0.717) is 13.1 Å². The number of methoxy groups -OCH3 is 1. The summed E-state index contributed by atoms with van der Waals surface area (Å²) in [4.78, 5) is 63.8. The number of thiazole rings is 1. The average Bonchev–Trinajstić information content (AvgIpc) is 4.15. The number of alkyl carbamates (subject to hydrolysis) is 1. The summed E-state index contributed by atoms with van der Waals surface area (Å²) in [5.74, 6) is 1.60. The molecule has 312 valence electrons. The largest absolute Gasteiger partial charge is 0.453 e. The number of carbonyl (C=O) groups excluding carboxylic acids is 3. The van der Waals surface area contributed by atoms with E-state index in [1.165, 1.54) is 18.4 Å². The number of benzene rings is 3. The maximum absolute atomic E-state index is 14.3. The van der Waals surface area contributed by atoms with Crippen molar-refractivity contribution in [3.05, 3.63) is 119 Å². The minimum absolute atomic E-state index is 0.0467. The molecule has 2 fully saturated rings. The number of aromatic nitrogens is 3. The zero-order chi connectivity index (χ0) is 41.6. The summed E-state index contributed by atoms with van der Waals surface area (Å²) in [5, 5.41) is 8.29. The Hall–Kier alpha value is -5.86. The standard InChI is InChI=1S/C46H53N9O4S/c1-4-53(5-2)41(34-11-7-6-8-12-34)45(57)55-24-10-14-40(55)43-48-27-38(51-43)33-21-17-31(18-22-33)30-15-19-32(20-16-30)37-26-47-42(50-37)39-13-9-23-54(39)44(56)36(52-46(58)59-3)25-35-28-60-29-49-35/h6-8,11-12,15-22,26,28-29,36,38-41H,4-5,9-10,13-14,23-25,27H2,1-3H3,(H,47,50)(H,48,51)(H,52,58)/t36-,38?,39-,40-,41+/m0/s1. The first-order valence-electron chi connectivity index (χ1n) is 21.0. The van der Waals surface area contributed by atoms with Crippen molar-refractivity contribution in [2.45, 2.75) is 76.2 Å². The molecule has 8 rings (SSSR count). The SMILES string of the molecule is CCN(CC)[C@@H](C(=O)N1CCC[C@H]1C1=NCC(c2ccc(-c3ccc(-c4cnc([C@@H]5CCCN5C(=O)[C@H](Cc5cscn5)NC(=O)OC)[nH]4)cc3)cc2)N1)c1ccccc1. The first kappa shape index (κ1) is 40.9. The number of aliphatic imine (C=N–C) groups is 1. The van der Waals surface area contributed by atoms with Crippen LogP contribution in [0.2, 0.25) is 0 Å². The topological polar surface area (TPSA) is 148 Å². The number of nitrogens with zero attached hydrogens (tertiary/aromatic N) is 6. The molecule has 2 aromatic heterocycles. The van der Waals surface area contributed by atoms with E-state index < -0.39 is 12.1 Å². The second-order valence-corrected chi connectivity index (χ2v) is 16.3. The van der Waals surface area contributed by atoms with Gasteiger partial charge in [0.2, 0.25) is 11.8 Å². The Morgan fingerprint density at radius 3 is 2.20 bits per heavy atom. The van der Waals surface area contributed by atoms with Crippen LogP contribution in [-0.4, -0.2) is 105 Å². The lowest BCUT2D eigenvalue weighted by Crippen LogP contribution is -2.49. The number of aromatic amines is 1. The van der Waals surface area contributed by atoms with Crippen LogP contribution in [0.4, 0.5) is 4.79 Å². The van der Waals surface area contributed by atoms with Gasteiger partial charge in [-0.2, -0.15) is 0 Å². The van der Waals surface area contributed by atoms with E-state index in [2.05, 4.69) is 105 Å². The van der Waals surface area contributed by atoms with Crippen molar-refractivity contribution < 1.29 is 19.1 Å². The van der Waals surface area contributed by atoms with Crippen LogP contribution < -0.4 is 10.6 Å². The molecular formula is C46H53N9O4S. The lowest BCUT2D eigenvalue weighted by atomic mass is 9.99. The van der Waals surface area contributed by atoms with Gasteiger partial charge >= 0.3 is 6.09 Å². The third-order valence-corrected chi connectivity index (χ3v) is 12.7. The fourth-order valence-corrected chi connectivity index (χ4v) is 9.49. The summed E-state index contributed by atoms with van der Waals surface area (Å²) in [7, 11) is 1.29. The molecule has 0 bridgehead atoms. The number of amidine groups is 1. The van der Waals surface area contributed by atoms with Crippen molar-refractivity contribution in [3.63, 3.8) is 0 Å². The minimum Gasteiger partial charge on any atom is -0.453 e. The van der Waals surface area contributed by atoms with Crippen molar-refractivity contribution in [2.24, 2.45) is 4.99 Å². The van der Waals surface area contributed by atoms with E-state index in [0.717, 1.165) is 96.2 Å². The lowest BCUT2D eigenvalue weighted by Gasteiger charge is -2.35. The van der Waals surface area contributed by atoms with Gasteiger partial charge < -0.3 is 30.2 Å². The zero-order valence-electron chi connectivity index (χ0n) is 34.4. The van der Waals surface area contributed by atoms with Crippen LogP contribution in [0.1, 0.15) is 80.3 Å². The molecular weight excluding hydrogens is 775 g/mol. The van der Waals surface area contributed by atoms with Crippen LogP contribution >= 0.6 is 11.3 Å². The molecule has 0 radical (unpaired) electrons. The summed E-state index contributed by atoms with van der Waals surface area (Å²) < 4.78 is 4.82. The Bertz CT molecular complexity index is 2260. The molecule has 1 unspecified atom stereocenters. The van der Waals surface area contributed by atoms with Gasteiger partial charge in [0.15, 0.2) is 0 Å². The highest BCUT2D eigenvalue weighted by Gasteiger charge is 2.40. The fraction of sp³-hybridized carbons (Fsp3) is 0.391. The van der Waals surface area contributed by atoms with E-state index >= 15 is 0 Å². The molecule has 5 heterocycles. The van der Waals surface area contributed by atoms with Crippen molar-refractivity contribution >= 4 is 35.1 Å². The molecule has 3 amide bonds. The number of rotatable bonds is 14. The number of ether oxygens (including phenoxy) is 1. The smallest absolute Gasteiger partial charge is 0.407 e. The monoisotopic (exact) mass is 827 g/mol. The Labute approximate surface area is 355 Å².